The Hall–Kier alpha value is -2.70. The molecular formula is C16H13F3O4. The van der Waals surface area contributed by atoms with E-state index in [9.17, 15) is 18.0 Å². The Balaban J connectivity index is 2.44. The first kappa shape index (κ1) is 16.7. The average Bonchev–Trinajstić information content (AvgIpc) is 2.52. The van der Waals surface area contributed by atoms with Crippen LogP contribution in [0.15, 0.2) is 42.5 Å². The smallest absolute Gasteiger partial charge is 0.496 e. The Morgan fingerprint density at radius 1 is 1.00 bits per heavy atom. The zero-order valence-corrected chi connectivity index (χ0v) is 12.3. The third-order valence-corrected chi connectivity index (χ3v) is 3.03. The Morgan fingerprint density at radius 3 is 2.17 bits per heavy atom. The van der Waals surface area contributed by atoms with Gasteiger partial charge in [-0.2, -0.15) is 0 Å². The van der Waals surface area contributed by atoms with Gasteiger partial charge in [0.25, 0.3) is 0 Å². The maximum absolute atomic E-state index is 12.2. The molecule has 4 nitrogen and oxygen atoms in total. The minimum atomic E-state index is -4.76. The minimum absolute atomic E-state index is 0.196. The molecule has 0 aliphatic rings. The normalized spacial score (nSPS) is 11.0. The first-order valence-corrected chi connectivity index (χ1v) is 6.47. The highest BCUT2D eigenvalue weighted by Crippen LogP contribution is 2.33. The van der Waals surface area contributed by atoms with Crippen LogP contribution in [0.3, 0.4) is 0 Å². The van der Waals surface area contributed by atoms with E-state index >= 15 is 0 Å². The van der Waals surface area contributed by atoms with Crippen molar-refractivity contribution in [3.05, 3.63) is 48.0 Å². The first-order valence-electron chi connectivity index (χ1n) is 6.47. The molecule has 0 bridgehead atoms. The second-order valence-corrected chi connectivity index (χ2v) is 4.45. The minimum Gasteiger partial charge on any atom is -0.496 e. The number of methoxy groups -OCH3 is 2. The van der Waals surface area contributed by atoms with Crippen molar-refractivity contribution < 1.29 is 32.2 Å². The van der Waals surface area contributed by atoms with Gasteiger partial charge in [-0.15, -0.1) is 13.2 Å². The molecule has 0 fully saturated rings. The molecule has 0 N–H and O–H groups in total. The van der Waals surface area contributed by atoms with Crippen molar-refractivity contribution in [2.75, 3.05) is 14.2 Å². The van der Waals surface area contributed by atoms with Gasteiger partial charge in [0, 0.05) is 0 Å². The molecule has 0 saturated carbocycles. The number of ether oxygens (including phenoxy) is 3. The van der Waals surface area contributed by atoms with Gasteiger partial charge in [-0.1, -0.05) is 24.3 Å². The standard InChI is InChI=1S/C16H13F3O4/c1-21-13-5-3-4-12(14(13)15(20)22-2)10-6-8-11(9-7-10)23-16(17,18)19/h3-9H,1-2H3. The zero-order chi connectivity index (χ0) is 17.0. The molecule has 2 aromatic carbocycles. The SMILES string of the molecule is COC(=O)c1c(OC)cccc1-c1ccc(OC(F)(F)F)cc1. The van der Waals surface area contributed by atoms with Gasteiger partial charge in [-0.05, 0) is 29.3 Å². The van der Waals surface area contributed by atoms with Crippen LogP contribution in [0.2, 0.25) is 0 Å². The summed E-state index contributed by atoms with van der Waals surface area (Å²) < 4.78 is 50.2. The molecule has 23 heavy (non-hydrogen) atoms. The number of carbonyl (C=O) groups excluding carboxylic acids is 1. The summed E-state index contributed by atoms with van der Waals surface area (Å²) in [6, 6.07) is 10.1. The lowest BCUT2D eigenvalue weighted by Gasteiger charge is -2.13. The topological polar surface area (TPSA) is 44.8 Å². The van der Waals surface area contributed by atoms with Gasteiger partial charge in [0.15, 0.2) is 0 Å². The van der Waals surface area contributed by atoms with Crippen LogP contribution in [-0.2, 0) is 4.74 Å². The van der Waals surface area contributed by atoms with Gasteiger partial charge in [0.05, 0.1) is 14.2 Å². The van der Waals surface area contributed by atoms with E-state index in [-0.39, 0.29) is 11.3 Å². The number of carbonyl (C=O) groups is 1. The molecule has 7 heteroatoms. The van der Waals surface area contributed by atoms with Crippen molar-refractivity contribution in [3.63, 3.8) is 0 Å². The molecule has 0 atom stereocenters. The monoisotopic (exact) mass is 326 g/mol. The zero-order valence-electron chi connectivity index (χ0n) is 12.3. The van der Waals surface area contributed by atoms with Crippen LogP contribution in [0.1, 0.15) is 10.4 Å². The fraction of sp³-hybridized carbons (Fsp3) is 0.188. The van der Waals surface area contributed by atoms with Crippen LogP contribution in [0.5, 0.6) is 11.5 Å². The summed E-state index contributed by atoms with van der Waals surface area (Å²) in [7, 11) is 2.64. The Kier molecular flexibility index (Phi) is 4.78. The second kappa shape index (κ2) is 6.60. The first-order chi connectivity index (χ1) is 10.9. The van der Waals surface area contributed by atoms with Gasteiger partial charge in [0.1, 0.15) is 17.1 Å². The van der Waals surface area contributed by atoms with Gasteiger partial charge in [-0.3, -0.25) is 0 Å². The predicted molar refractivity (Wildman–Crippen MR) is 76.5 cm³/mol. The van der Waals surface area contributed by atoms with E-state index in [0.717, 1.165) is 0 Å². The molecule has 0 spiro atoms. The van der Waals surface area contributed by atoms with E-state index in [1.54, 1.807) is 18.2 Å². The summed E-state index contributed by atoms with van der Waals surface area (Å²) in [5, 5.41) is 0. The van der Waals surface area contributed by atoms with Crippen molar-refractivity contribution in [1.82, 2.24) is 0 Å². The fourth-order valence-electron chi connectivity index (χ4n) is 2.09. The van der Waals surface area contributed by atoms with Crippen molar-refractivity contribution in [1.29, 1.82) is 0 Å². The van der Waals surface area contributed by atoms with Gasteiger partial charge in [0.2, 0.25) is 0 Å². The van der Waals surface area contributed by atoms with Crippen molar-refractivity contribution in [3.8, 4) is 22.6 Å². The lowest BCUT2D eigenvalue weighted by Crippen LogP contribution is -2.16. The molecular weight excluding hydrogens is 313 g/mol. The molecule has 2 rings (SSSR count). The Morgan fingerprint density at radius 2 is 1.65 bits per heavy atom. The van der Waals surface area contributed by atoms with Crippen molar-refractivity contribution >= 4 is 5.97 Å². The largest absolute Gasteiger partial charge is 0.573 e. The van der Waals surface area contributed by atoms with Crippen LogP contribution < -0.4 is 9.47 Å². The number of hydrogen-bond acceptors (Lipinski definition) is 4. The van der Waals surface area contributed by atoms with E-state index < -0.39 is 12.3 Å². The van der Waals surface area contributed by atoms with E-state index in [1.165, 1.54) is 38.5 Å². The highest BCUT2D eigenvalue weighted by atomic mass is 19.4. The highest BCUT2D eigenvalue weighted by molar-refractivity contribution is 6.00. The molecule has 0 aromatic heterocycles. The Labute approximate surface area is 130 Å². The van der Waals surface area contributed by atoms with Gasteiger partial charge >= 0.3 is 12.3 Å². The predicted octanol–water partition coefficient (Wildman–Crippen LogP) is 4.05. The number of rotatable bonds is 4. The average molecular weight is 326 g/mol. The third kappa shape index (κ3) is 3.94. The van der Waals surface area contributed by atoms with Crippen LogP contribution in [0.25, 0.3) is 11.1 Å². The van der Waals surface area contributed by atoms with E-state index in [2.05, 4.69) is 4.74 Å². The maximum Gasteiger partial charge on any atom is 0.573 e. The van der Waals surface area contributed by atoms with Crippen LogP contribution in [-0.4, -0.2) is 26.6 Å². The van der Waals surface area contributed by atoms with Gasteiger partial charge in [-0.25, -0.2) is 4.79 Å². The van der Waals surface area contributed by atoms with Crippen LogP contribution in [0.4, 0.5) is 13.2 Å². The highest BCUT2D eigenvalue weighted by Gasteiger charge is 2.31. The summed E-state index contributed by atoms with van der Waals surface area (Å²) in [5.41, 5.74) is 1.20. The van der Waals surface area contributed by atoms with Crippen molar-refractivity contribution in [2.24, 2.45) is 0 Å². The second-order valence-electron chi connectivity index (χ2n) is 4.45. The number of alkyl halides is 3. The quantitative estimate of drug-likeness (QED) is 0.795. The Bertz CT molecular complexity index is 693. The molecule has 2 aromatic rings. The molecule has 0 saturated heterocycles. The molecule has 0 aliphatic carbocycles. The van der Waals surface area contributed by atoms with E-state index in [1.807, 2.05) is 0 Å². The summed E-state index contributed by atoms with van der Waals surface area (Å²) in [4.78, 5) is 12.0. The number of benzene rings is 2. The number of esters is 1. The lowest BCUT2D eigenvalue weighted by atomic mass is 9.98. The maximum atomic E-state index is 12.2. The number of halogens is 3. The van der Waals surface area contributed by atoms with Gasteiger partial charge < -0.3 is 14.2 Å². The summed E-state index contributed by atoms with van der Waals surface area (Å²) in [5.74, 6) is -0.637. The lowest BCUT2D eigenvalue weighted by molar-refractivity contribution is -0.274. The molecule has 0 radical (unpaired) electrons. The van der Waals surface area contributed by atoms with Crippen LogP contribution in [0, 0.1) is 0 Å². The fourth-order valence-corrected chi connectivity index (χ4v) is 2.09. The van der Waals surface area contributed by atoms with E-state index in [4.69, 9.17) is 9.47 Å². The summed E-state index contributed by atoms with van der Waals surface area (Å²) in [6.07, 6.45) is -4.76. The molecule has 0 unspecified atom stereocenters. The molecule has 0 aliphatic heterocycles. The van der Waals surface area contributed by atoms with E-state index in [0.29, 0.717) is 16.9 Å². The molecule has 0 heterocycles. The van der Waals surface area contributed by atoms with Crippen LogP contribution >= 0.6 is 0 Å². The summed E-state index contributed by atoms with van der Waals surface area (Å²) >= 11 is 0. The molecule has 122 valence electrons. The summed E-state index contributed by atoms with van der Waals surface area (Å²) in [6.45, 7) is 0. The van der Waals surface area contributed by atoms with Crippen molar-refractivity contribution in [2.45, 2.75) is 6.36 Å². The third-order valence-electron chi connectivity index (χ3n) is 3.03. The molecule has 0 amide bonds. The number of hydrogen-bond donors (Lipinski definition) is 0.